The molecule has 1 fully saturated rings. The van der Waals surface area contributed by atoms with Gasteiger partial charge in [-0.1, -0.05) is 5.16 Å². The summed E-state index contributed by atoms with van der Waals surface area (Å²) in [5, 5.41) is 3.72. The van der Waals surface area contributed by atoms with E-state index in [2.05, 4.69) is 5.16 Å². The molecule has 0 bridgehead atoms. The molecule has 1 aromatic heterocycles. The Bertz CT molecular complexity index is 728. The van der Waals surface area contributed by atoms with Crippen molar-refractivity contribution in [1.82, 2.24) is 5.16 Å². The van der Waals surface area contributed by atoms with E-state index in [9.17, 15) is 13.6 Å². The molecule has 0 atom stereocenters. The van der Waals surface area contributed by atoms with Crippen molar-refractivity contribution in [2.75, 3.05) is 19.5 Å². The molecule has 122 valence electrons. The monoisotopic (exact) mass is 339 g/mol. The molecule has 0 amide bonds. The highest BCUT2D eigenvalue weighted by molar-refractivity contribution is 7.98. The van der Waals surface area contributed by atoms with Crippen LogP contribution in [-0.2, 0) is 0 Å². The van der Waals surface area contributed by atoms with Crippen LogP contribution in [-0.4, -0.2) is 30.5 Å². The van der Waals surface area contributed by atoms with Crippen LogP contribution in [0, 0.1) is 5.82 Å². The zero-order chi connectivity index (χ0) is 16.4. The number of ketones is 1. The second kappa shape index (κ2) is 6.70. The molecule has 0 N–H and O–H groups in total. The van der Waals surface area contributed by atoms with Crippen molar-refractivity contribution in [2.24, 2.45) is 0 Å². The number of nitrogens with zero attached hydrogens (tertiary/aromatic N) is 1. The number of hydrogen-bond donors (Lipinski definition) is 0. The van der Waals surface area contributed by atoms with E-state index in [1.807, 2.05) is 0 Å². The maximum absolute atomic E-state index is 14.0. The van der Waals surface area contributed by atoms with Crippen LogP contribution in [0.3, 0.4) is 0 Å². The molecular formula is C16H15F2NO3S. The number of halogens is 2. The molecule has 7 heteroatoms. The van der Waals surface area contributed by atoms with E-state index in [0.29, 0.717) is 21.8 Å². The molecule has 23 heavy (non-hydrogen) atoms. The Hall–Kier alpha value is -1.89. The summed E-state index contributed by atoms with van der Waals surface area (Å²) in [5.41, 5.74) is 0.698. The highest BCUT2D eigenvalue weighted by Gasteiger charge is 2.33. The molecule has 0 aliphatic heterocycles. The summed E-state index contributed by atoms with van der Waals surface area (Å²) in [7, 11) is 0. The Labute approximate surface area is 136 Å². The number of rotatable bonds is 7. The first-order valence-corrected chi connectivity index (χ1v) is 8.44. The summed E-state index contributed by atoms with van der Waals surface area (Å²) in [6, 6.07) is 2.57. The van der Waals surface area contributed by atoms with Gasteiger partial charge in [0.1, 0.15) is 13.3 Å². The predicted molar refractivity (Wildman–Crippen MR) is 81.6 cm³/mol. The Kier molecular flexibility index (Phi) is 4.66. The number of benzene rings is 1. The third kappa shape index (κ3) is 3.10. The van der Waals surface area contributed by atoms with E-state index < -0.39 is 12.5 Å². The van der Waals surface area contributed by atoms with Crippen molar-refractivity contribution in [1.29, 1.82) is 0 Å². The normalized spacial score (nSPS) is 14.0. The standard InChI is InChI=1S/C16H15F2NO3S/c1-23-16-10(4-5-12(18)15(16)21-7-6-17)13(20)11-8-19-22-14(11)9-2-3-9/h4-5,8-9H,2-3,6-7H2,1H3. The van der Waals surface area contributed by atoms with Gasteiger partial charge in [-0.05, 0) is 31.2 Å². The smallest absolute Gasteiger partial charge is 0.199 e. The molecule has 3 rings (SSSR count). The van der Waals surface area contributed by atoms with Crippen molar-refractivity contribution in [3.8, 4) is 5.75 Å². The maximum Gasteiger partial charge on any atom is 0.199 e. The minimum Gasteiger partial charge on any atom is -0.487 e. The number of ether oxygens (including phenoxy) is 1. The summed E-state index contributed by atoms with van der Waals surface area (Å²) in [6.07, 6.45) is 5.05. The maximum atomic E-state index is 14.0. The summed E-state index contributed by atoms with van der Waals surface area (Å²) >= 11 is 1.18. The van der Waals surface area contributed by atoms with Gasteiger partial charge in [0, 0.05) is 11.5 Å². The number of hydrogen-bond acceptors (Lipinski definition) is 5. The first kappa shape index (κ1) is 16.0. The topological polar surface area (TPSA) is 52.3 Å². The number of thioether (sulfide) groups is 1. The van der Waals surface area contributed by atoms with E-state index >= 15 is 0 Å². The van der Waals surface area contributed by atoms with Crippen molar-refractivity contribution in [3.63, 3.8) is 0 Å². The van der Waals surface area contributed by atoms with E-state index in [-0.39, 0.29) is 24.1 Å². The van der Waals surface area contributed by atoms with Crippen LogP contribution in [0.1, 0.15) is 40.4 Å². The van der Waals surface area contributed by atoms with Crippen LogP contribution >= 0.6 is 11.8 Å². The van der Waals surface area contributed by atoms with Crippen LogP contribution in [0.25, 0.3) is 0 Å². The summed E-state index contributed by atoms with van der Waals surface area (Å²) in [4.78, 5) is 13.2. The number of alkyl halides is 1. The second-order valence-electron chi connectivity index (χ2n) is 5.20. The lowest BCUT2D eigenvalue weighted by Crippen LogP contribution is -2.08. The van der Waals surface area contributed by atoms with Crippen LogP contribution < -0.4 is 4.74 Å². The van der Waals surface area contributed by atoms with Crippen LogP contribution in [0.15, 0.2) is 27.7 Å². The van der Waals surface area contributed by atoms with Crippen molar-refractivity contribution in [3.05, 3.63) is 41.0 Å². The van der Waals surface area contributed by atoms with Gasteiger partial charge >= 0.3 is 0 Å². The molecule has 0 spiro atoms. The number of aromatic nitrogens is 1. The van der Waals surface area contributed by atoms with E-state index in [4.69, 9.17) is 9.26 Å². The molecule has 1 aliphatic rings. The molecule has 4 nitrogen and oxygen atoms in total. The zero-order valence-electron chi connectivity index (χ0n) is 12.5. The van der Waals surface area contributed by atoms with Gasteiger partial charge in [0.25, 0.3) is 0 Å². The first-order valence-electron chi connectivity index (χ1n) is 7.21. The SMILES string of the molecule is CSc1c(C(=O)c2cnoc2C2CC2)ccc(F)c1OCCF. The Morgan fingerprint density at radius 2 is 2.22 bits per heavy atom. The highest BCUT2D eigenvalue weighted by atomic mass is 32.2. The third-order valence-corrected chi connectivity index (χ3v) is 4.44. The minimum absolute atomic E-state index is 0.0922. The van der Waals surface area contributed by atoms with Gasteiger partial charge < -0.3 is 9.26 Å². The summed E-state index contributed by atoms with van der Waals surface area (Å²) in [5.74, 6) is -0.186. The fraction of sp³-hybridized carbons (Fsp3) is 0.375. The highest BCUT2D eigenvalue weighted by Crippen LogP contribution is 2.43. The van der Waals surface area contributed by atoms with Gasteiger partial charge in [0.05, 0.1) is 16.7 Å². The lowest BCUT2D eigenvalue weighted by Gasteiger charge is -2.13. The molecule has 1 heterocycles. The minimum atomic E-state index is -0.733. The molecule has 1 saturated carbocycles. The fourth-order valence-corrected chi connectivity index (χ4v) is 3.12. The van der Waals surface area contributed by atoms with Gasteiger partial charge in [0.15, 0.2) is 23.1 Å². The van der Waals surface area contributed by atoms with Gasteiger partial charge in [0.2, 0.25) is 0 Å². The van der Waals surface area contributed by atoms with Crippen LogP contribution in [0.4, 0.5) is 8.78 Å². The Balaban J connectivity index is 2.01. The average molecular weight is 339 g/mol. The Morgan fingerprint density at radius 3 is 2.87 bits per heavy atom. The van der Waals surface area contributed by atoms with Gasteiger partial charge in [-0.3, -0.25) is 4.79 Å². The summed E-state index contributed by atoms with van der Waals surface area (Å²) < 4.78 is 36.6. The van der Waals surface area contributed by atoms with E-state index in [1.54, 1.807) is 6.26 Å². The molecule has 0 unspecified atom stereocenters. The second-order valence-corrected chi connectivity index (χ2v) is 6.02. The van der Waals surface area contributed by atoms with Crippen molar-refractivity contribution in [2.45, 2.75) is 23.7 Å². The quantitative estimate of drug-likeness (QED) is 0.564. The van der Waals surface area contributed by atoms with Crippen molar-refractivity contribution >= 4 is 17.5 Å². The van der Waals surface area contributed by atoms with Crippen LogP contribution in [0.5, 0.6) is 5.75 Å². The summed E-state index contributed by atoms with van der Waals surface area (Å²) in [6.45, 7) is -0.994. The molecule has 1 aromatic carbocycles. The average Bonchev–Trinajstić information content (AvgIpc) is 3.29. The zero-order valence-corrected chi connectivity index (χ0v) is 13.3. The molecule has 2 aromatic rings. The lowest BCUT2D eigenvalue weighted by molar-refractivity contribution is 0.103. The predicted octanol–water partition coefficient (Wildman–Crippen LogP) is 3.99. The van der Waals surface area contributed by atoms with E-state index in [1.165, 1.54) is 24.0 Å². The Morgan fingerprint density at radius 1 is 1.43 bits per heavy atom. The lowest BCUT2D eigenvalue weighted by atomic mass is 10.0. The van der Waals surface area contributed by atoms with Gasteiger partial charge in [-0.2, -0.15) is 0 Å². The fourth-order valence-electron chi connectivity index (χ4n) is 2.40. The molecule has 0 radical (unpaired) electrons. The third-order valence-electron chi connectivity index (χ3n) is 3.63. The molecular weight excluding hydrogens is 324 g/mol. The van der Waals surface area contributed by atoms with Crippen LogP contribution in [0.2, 0.25) is 0 Å². The van der Waals surface area contributed by atoms with Gasteiger partial charge in [-0.15, -0.1) is 11.8 Å². The van der Waals surface area contributed by atoms with Crippen molar-refractivity contribution < 1.29 is 22.8 Å². The van der Waals surface area contributed by atoms with E-state index in [0.717, 1.165) is 18.9 Å². The first-order chi connectivity index (χ1) is 11.2. The number of carbonyl (C=O) groups excluding carboxylic acids is 1. The van der Waals surface area contributed by atoms with Gasteiger partial charge in [-0.25, -0.2) is 8.78 Å². The molecule has 0 saturated heterocycles. The largest absolute Gasteiger partial charge is 0.487 e. The number of carbonyl (C=O) groups is 1. The molecule has 1 aliphatic carbocycles.